The molecule has 2 rings (SSSR count). The standard InChI is InChI=1S/C16H28ClN3O/c1-4-13-15(17)14(20(5-2)19-13)11-16(3,21)10-12-8-6-7-9-18-12/h12,18,21H,4-11H2,1-3H3. The first kappa shape index (κ1) is 16.8. The Bertz CT molecular complexity index is 464. The third-order valence-corrected chi connectivity index (χ3v) is 4.78. The Kier molecular flexibility index (Phi) is 5.69. The van der Waals surface area contributed by atoms with E-state index < -0.39 is 5.60 Å². The van der Waals surface area contributed by atoms with Crippen LogP contribution in [0.25, 0.3) is 0 Å². The molecule has 1 aliphatic rings. The van der Waals surface area contributed by atoms with E-state index in [4.69, 9.17) is 11.6 Å². The second-order valence-electron chi connectivity index (χ2n) is 6.40. The molecule has 120 valence electrons. The number of aliphatic hydroxyl groups is 1. The summed E-state index contributed by atoms with van der Waals surface area (Å²) in [6.45, 7) is 7.88. The van der Waals surface area contributed by atoms with E-state index in [2.05, 4.69) is 24.3 Å². The van der Waals surface area contributed by atoms with Gasteiger partial charge in [0.25, 0.3) is 0 Å². The van der Waals surface area contributed by atoms with Gasteiger partial charge in [-0.25, -0.2) is 0 Å². The highest BCUT2D eigenvalue weighted by Gasteiger charge is 2.29. The maximum absolute atomic E-state index is 10.8. The van der Waals surface area contributed by atoms with Gasteiger partial charge in [0.2, 0.25) is 0 Å². The van der Waals surface area contributed by atoms with E-state index in [-0.39, 0.29) is 0 Å². The highest BCUT2D eigenvalue weighted by molar-refractivity contribution is 6.31. The molecule has 1 saturated heterocycles. The van der Waals surface area contributed by atoms with Crippen LogP contribution in [0.4, 0.5) is 0 Å². The molecule has 2 heterocycles. The summed E-state index contributed by atoms with van der Waals surface area (Å²) in [7, 11) is 0. The van der Waals surface area contributed by atoms with Gasteiger partial charge in [0, 0.05) is 19.0 Å². The number of hydrogen-bond acceptors (Lipinski definition) is 3. The van der Waals surface area contributed by atoms with Gasteiger partial charge in [-0.3, -0.25) is 4.68 Å². The van der Waals surface area contributed by atoms with Crippen LogP contribution in [0.15, 0.2) is 0 Å². The Morgan fingerprint density at radius 2 is 2.19 bits per heavy atom. The molecule has 0 saturated carbocycles. The Balaban J connectivity index is 2.09. The summed E-state index contributed by atoms with van der Waals surface area (Å²) < 4.78 is 1.93. The lowest BCUT2D eigenvalue weighted by molar-refractivity contribution is 0.0353. The molecule has 2 N–H and O–H groups in total. The van der Waals surface area contributed by atoms with E-state index in [9.17, 15) is 5.11 Å². The Morgan fingerprint density at radius 3 is 2.76 bits per heavy atom. The van der Waals surface area contributed by atoms with Gasteiger partial charge in [-0.15, -0.1) is 0 Å². The van der Waals surface area contributed by atoms with Gasteiger partial charge in [-0.1, -0.05) is 24.9 Å². The molecule has 0 aromatic carbocycles. The summed E-state index contributed by atoms with van der Waals surface area (Å²) in [5, 5.41) is 19.6. The summed E-state index contributed by atoms with van der Waals surface area (Å²) >= 11 is 6.45. The number of nitrogens with one attached hydrogen (secondary N) is 1. The van der Waals surface area contributed by atoms with Gasteiger partial charge in [-0.2, -0.15) is 5.10 Å². The van der Waals surface area contributed by atoms with E-state index in [0.717, 1.165) is 48.8 Å². The molecule has 2 atom stereocenters. The minimum atomic E-state index is -0.753. The fourth-order valence-corrected chi connectivity index (χ4v) is 3.58. The van der Waals surface area contributed by atoms with Crippen molar-refractivity contribution < 1.29 is 5.11 Å². The molecule has 0 radical (unpaired) electrons. The smallest absolute Gasteiger partial charge is 0.0850 e. The van der Waals surface area contributed by atoms with Crippen molar-refractivity contribution in [2.75, 3.05) is 6.54 Å². The van der Waals surface area contributed by atoms with Crippen LogP contribution in [0.5, 0.6) is 0 Å². The van der Waals surface area contributed by atoms with Crippen molar-refractivity contribution in [3.8, 4) is 0 Å². The summed E-state index contributed by atoms with van der Waals surface area (Å²) in [6, 6.07) is 0.413. The first-order valence-electron chi connectivity index (χ1n) is 8.16. The zero-order valence-electron chi connectivity index (χ0n) is 13.5. The molecule has 1 aromatic rings. The first-order chi connectivity index (χ1) is 9.96. The third kappa shape index (κ3) is 4.21. The van der Waals surface area contributed by atoms with Crippen LogP contribution in [-0.4, -0.2) is 33.1 Å². The van der Waals surface area contributed by atoms with Crippen LogP contribution in [0, 0.1) is 0 Å². The summed E-state index contributed by atoms with van der Waals surface area (Å²) in [5.41, 5.74) is 1.15. The second-order valence-corrected chi connectivity index (χ2v) is 6.78. The summed E-state index contributed by atoms with van der Waals surface area (Å²) in [4.78, 5) is 0. The van der Waals surface area contributed by atoms with E-state index in [1.807, 2.05) is 11.6 Å². The number of nitrogens with zero attached hydrogens (tertiary/aromatic N) is 2. The Labute approximate surface area is 132 Å². The lowest BCUT2D eigenvalue weighted by Crippen LogP contribution is -2.42. The fraction of sp³-hybridized carbons (Fsp3) is 0.812. The molecular formula is C16H28ClN3O. The van der Waals surface area contributed by atoms with Crippen molar-refractivity contribution in [3.05, 3.63) is 16.4 Å². The van der Waals surface area contributed by atoms with Gasteiger partial charge >= 0.3 is 0 Å². The lowest BCUT2D eigenvalue weighted by atomic mass is 9.88. The zero-order valence-corrected chi connectivity index (χ0v) is 14.2. The van der Waals surface area contributed by atoms with Crippen molar-refractivity contribution in [2.45, 2.75) is 77.5 Å². The zero-order chi connectivity index (χ0) is 15.5. The molecule has 1 aromatic heterocycles. The molecule has 0 bridgehead atoms. The van der Waals surface area contributed by atoms with Crippen LogP contribution in [0.2, 0.25) is 5.02 Å². The molecule has 0 aliphatic carbocycles. The predicted octanol–water partition coefficient (Wildman–Crippen LogP) is 2.94. The minimum Gasteiger partial charge on any atom is -0.390 e. The molecule has 1 fully saturated rings. The van der Waals surface area contributed by atoms with Crippen molar-refractivity contribution >= 4 is 11.6 Å². The Hall–Kier alpha value is -0.580. The van der Waals surface area contributed by atoms with Gasteiger partial charge in [0.1, 0.15) is 0 Å². The van der Waals surface area contributed by atoms with Crippen LogP contribution >= 0.6 is 11.6 Å². The van der Waals surface area contributed by atoms with Crippen LogP contribution < -0.4 is 5.32 Å². The van der Waals surface area contributed by atoms with E-state index >= 15 is 0 Å². The molecule has 2 unspecified atom stereocenters. The highest BCUT2D eigenvalue weighted by Crippen LogP contribution is 2.28. The van der Waals surface area contributed by atoms with Gasteiger partial charge < -0.3 is 10.4 Å². The van der Waals surface area contributed by atoms with Crippen LogP contribution in [0.1, 0.15) is 57.8 Å². The quantitative estimate of drug-likeness (QED) is 0.849. The average molecular weight is 314 g/mol. The minimum absolute atomic E-state index is 0.413. The summed E-state index contributed by atoms with van der Waals surface area (Å²) in [6.07, 6.45) is 5.79. The number of halogens is 1. The molecule has 4 nitrogen and oxygen atoms in total. The highest BCUT2D eigenvalue weighted by atomic mass is 35.5. The topological polar surface area (TPSA) is 50.1 Å². The monoisotopic (exact) mass is 313 g/mol. The van der Waals surface area contributed by atoms with Crippen molar-refractivity contribution in [1.29, 1.82) is 0 Å². The lowest BCUT2D eigenvalue weighted by Gasteiger charge is -2.31. The number of aromatic nitrogens is 2. The molecule has 21 heavy (non-hydrogen) atoms. The summed E-state index contributed by atoms with van der Waals surface area (Å²) in [5.74, 6) is 0. The average Bonchev–Trinajstić information content (AvgIpc) is 2.75. The first-order valence-corrected chi connectivity index (χ1v) is 8.54. The van der Waals surface area contributed by atoms with Crippen molar-refractivity contribution in [3.63, 3.8) is 0 Å². The number of rotatable bonds is 6. The third-order valence-electron chi connectivity index (χ3n) is 4.34. The molecule has 1 aliphatic heterocycles. The Morgan fingerprint density at radius 1 is 1.43 bits per heavy atom. The molecule has 5 heteroatoms. The van der Waals surface area contributed by atoms with E-state index in [1.165, 1.54) is 12.8 Å². The fourth-order valence-electron chi connectivity index (χ4n) is 3.25. The number of piperidine rings is 1. The molecular weight excluding hydrogens is 286 g/mol. The largest absolute Gasteiger partial charge is 0.390 e. The van der Waals surface area contributed by atoms with Crippen molar-refractivity contribution in [1.82, 2.24) is 15.1 Å². The van der Waals surface area contributed by atoms with Crippen LogP contribution in [0.3, 0.4) is 0 Å². The normalized spacial score (nSPS) is 22.2. The molecule has 0 spiro atoms. The van der Waals surface area contributed by atoms with E-state index in [1.54, 1.807) is 0 Å². The second kappa shape index (κ2) is 7.12. The van der Waals surface area contributed by atoms with Crippen molar-refractivity contribution in [2.24, 2.45) is 0 Å². The van der Waals surface area contributed by atoms with Gasteiger partial charge in [-0.05, 0) is 46.1 Å². The van der Waals surface area contributed by atoms with Gasteiger partial charge in [0.05, 0.1) is 22.0 Å². The van der Waals surface area contributed by atoms with E-state index in [0.29, 0.717) is 12.5 Å². The number of hydrogen-bond donors (Lipinski definition) is 2. The maximum atomic E-state index is 10.8. The van der Waals surface area contributed by atoms with Gasteiger partial charge in [0.15, 0.2) is 0 Å². The predicted molar refractivity (Wildman–Crippen MR) is 86.9 cm³/mol. The SMILES string of the molecule is CCc1nn(CC)c(CC(C)(O)CC2CCCCN2)c1Cl. The van der Waals surface area contributed by atoms with Crippen LogP contribution in [-0.2, 0) is 19.4 Å². The molecule has 0 amide bonds. The number of aryl methyl sites for hydroxylation is 2. The maximum Gasteiger partial charge on any atom is 0.0850 e.